The molecular formula is C11H14ClF3N2O2. The summed E-state index contributed by atoms with van der Waals surface area (Å²) < 4.78 is 42.8. The van der Waals surface area contributed by atoms with Crippen LogP contribution in [-0.4, -0.2) is 29.6 Å². The second kappa shape index (κ2) is 5.40. The molecular weight excluding hydrogens is 285 g/mol. The van der Waals surface area contributed by atoms with Crippen molar-refractivity contribution in [1.29, 1.82) is 0 Å². The number of rotatable bonds is 1. The Morgan fingerprint density at radius 3 is 2.47 bits per heavy atom. The third-order valence-corrected chi connectivity index (χ3v) is 2.42. The van der Waals surface area contributed by atoms with Gasteiger partial charge in [0.05, 0.1) is 5.70 Å². The van der Waals surface area contributed by atoms with Crippen LogP contribution < -0.4 is 5.32 Å². The molecule has 0 aromatic rings. The van der Waals surface area contributed by atoms with Crippen molar-refractivity contribution < 1.29 is 22.7 Å². The van der Waals surface area contributed by atoms with Crippen LogP contribution in [0.2, 0.25) is 0 Å². The number of hydrogen-bond donors (Lipinski definition) is 1. The molecule has 2 unspecified atom stereocenters. The van der Waals surface area contributed by atoms with Crippen molar-refractivity contribution in [2.45, 2.75) is 38.0 Å². The lowest BCUT2D eigenvalue weighted by atomic mass is 10.1. The van der Waals surface area contributed by atoms with Gasteiger partial charge in [-0.1, -0.05) is 11.6 Å². The van der Waals surface area contributed by atoms with Gasteiger partial charge in [0.15, 0.2) is 0 Å². The van der Waals surface area contributed by atoms with E-state index in [0.717, 1.165) is 12.3 Å². The van der Waals surface area contributed by atoms with Gasteiger partial charge in [0, 0.05) is 6.21 Å². The van der Waals surface area contributed by atoms with E-state index in [1.807, 2.05) is 0 Å². The van der Waals surface area contributed by atoms with Gasteiger partial charge >= 0.3 is 12.3 Å². The van der Waals surface area contributed by atoms with E-state index >= 15 is 0 Å². The Labute approximate surface area is 113 Å². The van der Waals surface area contributed by atoms with E-state index in [2.05, 4.69) is 10.3 Å². The summed E-state index contributed by atoms with van der Waals surface area (Å²) in [5.74, 6) is -1.94. The SMILES string of the molecule is CC(C)(C)OC(=O)NC1=CC(C(F)(F)F)C(Cl)N=C1. The number of hydrogen-bond acceptors (Lipinski definition) is 3. The van der Waals surface area contributed by atoms with Crippen LogP contribution in [0.15, 0.2) is 16.8 Å². The van der Waals surface area contributed by atoms with Crippen molar-refractivity contribution in [3.8, 4) is 0 Å². The summed E-state index contributed by atoms with van der Waals surface area (Å²) in [7, 11) is 0. The average molecular weight is 299 g/mol. The molecule has 0 radical (unpaired) electrons. The molecule has 4 nitrogen and oxygen atoms in total. The second-order valence-corrected chi connectivity index (χ2v) is 5.41. The van der Waals surface area contributed by atoms with Crippen LogP contribution in [0.3, 0.4) is 0 Å². The number of allylic oxidation sites excluding steroid dienone is 1. The first-order valence-electron chi connectivity index (χ1n) is 5.45. The zero-order valence-corrected chi connectivity index (χ0v) is 11.3. The highest BCUT2D eigenvalue weighted by atomic mass is 35.5. The Hall–Kier alpha value is -1.24. The zero-order chi connectivity index (χ0) is 14.8. The lowest BCUT2D eigenvalue weighted by molar-refractivity contribution is -0.161. The van der Waals surface area contributed by atoms with Crippen molar-refractivity contribution in [1.82, 2.24) is 5.32 Å². The summed E-state index contributed by atoms with van der Waals surface area (Å²) in [5.41, 5.74) is -2.26. The van der Waals surface area contributed by atoms with Gasteiger partial charge in [-0.3, -0.25) is 10.3 Å². The minimum atomic E-state index is -4.52. The van der Waals surface area contributed by atoms with Gasteiger partial charge in [0.2, 0.25) is 0 Å². The van der Waals surface area contributed by atoms with Crippen LogP contribution >= 0.6 is 11.6 Å². The maximum absolute atomic E-state index is 12.6. The number of halogens is 4. The summed E-state index contributed by atoms with van der Waals surface area (Å²) >= 11 is 5.47. The molecule has 0 spiro atoms. The number of ether oxygens (including phenoxy) is 1. The molecule has 1 heterocycles. The molecule has 0 saturated heterocycles. The maximum Gasteiger partial charge on any atom is 0.412 e. The Morgan fingerprint density at radius 2 is 2.00 bits per heavy atom. The van der Waals surface area contributed by atoms with Crippen LogP contribution in [-0.2, 0) is 4.74 Å². The van der Waals surface area contributed by atoms with E-state index in [4.69, 9.17) is 16.3 Å². The van der Waals surface area contributed by atoms with Crippen LogP contribution in [0.1, 0.15) is 20.8 Å². The molecule has 1 aliphatic heterocycles. The minimum Gasteiger partial charge on any atom is -0.444 e. The number of nitrogens with one attached hydrogen (secondary N) is 1. The topological polar surface area (TPSA) is 50.7 Å². The number of aliphatic imine (C=N–C) groups is 1. The van der Waals surface area contributed by atoms with Crippen LogP contribution in [0.5, 0.6) is 0 Å². The van der Waals surface area contributed by atoms with E-state index in [0.29, 0.717) is 0 Å². The Balaban J connectivity index is 2.74. The Morgan fingerprint density at radius 1 is 1.42 bits per heavy atom. The molecule has 0 fully saturated rings. The van der Waals surface area contributed by atoms with Gasteiger partial charge in [-0.05, 0) is 26.8 Å². The molecule has 19 heavy (non-hydrogen) atoms. The summed E-state index contributed by atoms with van der Waals surface area (Å²) in [4.78, 5) is 14.9. The van der Waals surface area contributed by atoms with Crippen molar-refractivity contribution in [3.63, 3.8) is 0 Å². The Bertz CT molecular complexity index is 413. The third-order valence-electron chi connectivity index (χ3n) is 2.03. The van der Waals surface area contributed by atoms with Crippen LogP contribution in [0, 0.1) is 5.92 Å². The standard InChI is InChI=1S/C11H14ClF3N2O2/c1-10(2,3)19-9(18)17-6-4-7(11(13,14)15)8(12)16-5-6/h4-5,7-8H,1-3H3,(H,17,18). The number of dihydropyridines is 1. The largest absolute Gasteiger partial charge is 0.444 e. The zero-order valence-electron chi connectivity index (χ0n) is 10.6. The highest BCUT2D eigenvalue weighted by molar-refractivity contribution is 6.21. The van der Waals surface area contributed by atoms with Crippen molar-refractivity contribution in [2.24, 2.45) is 10.9 Å². The first-order valence-corrected chi connectivity index (χ1v) is 5.88. The number of carbonyl (C=O) groups is 1. The molecule has 0 saturated carbocycles. The fourth-order valence-corrected chi connectivity index (χ4v) is 1.58. The lowest BCUT2D eigenvalue weighted by Crippen LogP contribution is -2.36. The average Bonchev–Trinajstić information content (AvgIpc) is 2.16. The summed E-state index contributed by atoms with van der Waals surface area (Å²) in [6.07, 6.45) is -3.48. The van der Waals surface area contributed by atoms with Crippen molar-refractivity contribution in [3.05, 3.63) is 11.8 Å². The molecule has 0 aromatic heterocycles. The van der Waals surface area contributed by atoms with Crippen LogP contribution in [0.4, 0.5) is 18.0 Å². The molecule has 0 bridgehead atoms. The number of alkyl halides is 4. The summed E-state index contributed by atoms with van der Waals surface area (Å²) in [5, 5.41) is 2.19. The number of alkyl carbamates (subject to hydrolysis) is 1. The quantitative estimate of drug-likeness (QED) is 0.597. The molecule has 8 heteroatoms. The highest BCUT2D eigenvalue weighted by Crippen LogP contribution is 2.35. The third kappa shape index (κ3) is 5.10. The molecule has 1 rings (SSSR count). The summed E-state index contributed by atoms with van der Waals surface area (Å²) in [6.45, 7) is 4.93. The predicted octanol–water partition coefficient (Wildman–Crippen LogP) is 3.22. The first kappa shape index (κ1) is 15.8. The Kier molecular flexibility index (Phi) is 4.50. The second-order valence-electron chi connectivity index (χ2n) is 4.97. The number of nitrogens with zero attached hydrogens (tertiary/aromatic N) is 1. The van der Waals surface area contributed by atoms with Gasteiger partial charge in [-0.15, -0.1) is 0 Å². The van der Waals surface area contributed by atoms with E-state index < -0.39 is 29.3 Å². The van der Waals surface area contributed by atoms with E-state index in [1.165, 1.54) is 0 Å². The number of amides is 1. The van der Waals surface area contributed by atoms with E-state index in [9.17, 15) is 18.0 Å². The molecule has 0 aliphatic carbocycles. The van der Waals surface area contributed by atoms with E-state index in [1.54, 1.807) is 20.8 Å². The van der Waals surface area contributed by atoms with Gasteiger partial charge in [0.25, 0.3) is 0 Å². The molecule has 0 aromatic carbocycles. The molecule has 2 atom stereocenters. The fraction of sp³-hybridized carbons (Fsp3) is 0.636. The van der Waals surface area contributed by atoms with Crippen molar-refractivity contribution in [2.75, 3.05) is 0 Å². The van der Waals surface area contributed by atoms with Gasteiger partial charge in [-0.25, -0.2) is 4.79 Å². The smallest absolute Gasteiger partial charge is 0.412 e. The van der Waals surface area contributed by atoms with Gasteiger partial charge in [-0.2, -0.15) is 13.2 Å². The fourth-order valence-electron chi connectivity index (χ4n) is 1.31. The summed E-state index contributed by atoms with van der Waals surface area (Å²) in [6, 6.07) is 0. The highest BCUT2D eigenvalue weighted by Gasteiger charge is 2.44. The molecule has 1 amide bonds. The van der Waals surface area contributed by atoms with Gasteiger partial charge in [0.1, 0.15) is 17.0 Å². The molecule has 1 N–H and O–H groups in total. The van der Waals surface area contributed by atoms with Crippen molar-refractivity contribution >= 4 is 23.9 Å². The molecule has 108 valence electrons. The maximum atomic E-state index is 12.6. The predicted molar refractivity (Wildman–Crippen MR) is 65.1 cm³/mol. The van der Waals surface area contributed by atoms with Gasteiger partial charge < -0.3 is 4.74 Å². The lowest BCUT2D eigenvalue weighted by Gasteiger charge is -2.24. The van der Waals surface area contributed by atoms with Crippen LogP contribution in [0.25, 0.3) is 0 Å². The van der Waals surface area contributed by atoms with E-state index in [-0.39, 0.29) is 5.70 Å². The normalized spacial score (nSPS) is 23.8. The minimum absolute atomic E-state index is 0.0894. The molecule has 1 aliphatic rings. The first-order chi connectivity index (χ1) is 8.49. The monoisotopic (exact) mass is 298 g/mol. The number of carbonyl (C=O) groups excluding carboxylic acids is 1.